The number of hydrogen-bond donors (Lipinski definition) is 0. The molecule has 0 aliphatic rings. The van der Waals surface area contributed by atoms with Crippen molar-refractivity contribution in [2.24, 2.45) is 0 Å². The van der Waals surface area contributed by atoms with Crippen LogP contribution in [0.5, 0.6) is 0 Å². The summed E-state index contributed by atoms with van der Waals surface area (Å²) in [5.41, 5.74) is 10.6. The Kier molecular flexibility index (Phi) is 7.16. The predicted molar refractivity (Wildman–Crippen MR) is 237 cm³/mol. The summed E-state index contributed by atoms with van der Waals surface area (Å²) in [6.45, 7) is 0. The van der Waals surface area contributed by atoms with E-state index in [1.165, 1.54) is 27.1 Å². The summed E-state index contributed by atoms with van der Waals surface area (Å²) < 4.78 is 12.7. The highest BCUT2D eigenvalue weighted by Gasteiger charge is 2.18. The third-order valence-electron chi connectivity index (χ3n) is 11.3. The Morgan fingerprint density at radius 1 is 0.276 bits per heavy atom. The molecule has 3 heterocycles. The Morgan fingerprint density at radius 2 is 0.845 bits per heavy atom. The lowest BCUT2D eigenvalue weighted by Gasteiger charge is -2.11. The van der Waals surface area contributed by atoms with Crippen molar-refractivity contribution < 1.29 is 8.83 Å². The van der Waals surface area contributed by atoms with Gasteiger partial charge in [-0.25, -0.2) is 15.0 Å². The SMILES string of the molecule is c1ccc(-c2nc(-c3ccc(-c4cccc5oc6ccc(-c7cc8ccccc8c8ccccc78)cc6c45)cc3)nc(-c3ccc4c(c3)oc3ccccc34)n2)cc1. The number of furan rings is 2. The van der Waals surface area contributed by atoms with E-state index in [0.29, 0.717) is 17.5 Å². The monoisotopic (exact) mass is 741 g/mol. The van der Waals surface area contributed by atoms with Crippen LogP contribution in [0.4, 0.5) is 0 Å². The Morgan fingerprint density at radius 3 is 1.67 bits per heavy atom. The first kappa shape index (κ1) is 32.4. The first-order valence-corrected chi connectivity index (χ1v) is 19.4. The van der Waals surface area contributed by atoms with Gasteiger partial charge in [0.05, 0.1) is 0 Å². The Labute approximate surface area is 332 Å². The second-order valence-corrected chi connectivity index (χ2v) is 14.7. The molecule has 9 aromatic carbocycles. The van der Waals surface area contributed by atoms with Crippen molar-refractivity contribution in [3.63, 3.8) is 0 Å². The quantitative estimate of drug-likeness (QED) is 0.164. The molecule has 58 heavy (non-hydrogen) atoms. The van der Waals surface area contributed by atoms with Gasteiger partial charge in [0.2, 0.25) is 0 Å². The third kappa shape index (κ3) is 5.21. The van der Waals surface area contributed by atoms with E-state index in [1.54, 1.807) is 0 Å². The third-order valence-corrected chi connectivity index (χ3v) is 11.3. The maximum absolute atomic E-state index is 6.48. The van der Waals surface area contributed by atoms with Gasteiger partial charge in [-0.3, -0.25) is 0 Å². The molecule has 0 radical (unpaired) electrons. The molecule has 5 nitrogen and oxygen atoms in total. The number of para-hydroxylation sites is 1. The van der Waals surface area contributed by atoms with E-state index in [0.717, 1.165) is 77.3 Å². The molecule has 0 N–H and O–H groups in total. The van der Waals surface area contributed by atoms with Gasteiger partial charge in [0.15, 0.2) is 17.5 Å². The maximum atomic E-state index is 6.48. The minimum atomic E-state index is 0.583. The topological polar surface area (TPSA) is 65.0 Å². The fraction of sp³-hybridized carbons (Fsp3) is 0. The zero-order chi connectivity index (χ0) is 38.2. The number of hydrogen-bond acceptors (Lipinski definition) is 5. The summed E-state index contributed by atoms with van der Waals surface area (Å²) in [4.78, 5) is 15.0. The van der Waals surface area contributed by atoms with Crippen molar-refractivity contribution in [2.75, 3.05) is 0 Å². The van der Waals surface area contributed by atoms with E-state index in [1.807, 2.05) is 54.6 Å². The molecular formula is C53H31N3O2. The number of fused-ring (bicyclic) bond motifs is 9. The van der Waals surface area contributed by atoms with Gasteiger partial charge in [0.25, 0.3) is 0 Å². The van der Waals surface area contributed by atoms with Crippen LogP contribution in [0.3, 0.4) is 0 Å². The van der Waals surface area contributed by atoms with Gasteiger partial charge in [-0.2, -0.15) is 0 Å². The Bertz CT molecular complexity index is 3570. The first-order chi connectivity index (χ1) is 28.7. The lowest BCUT2D eigenvalue weighted by atomic mass is 9.92. The molecule has 3 aromatic heterocycles. The summed E-state index contributed by atoms with van der Waals surface area (Å²) in [5, 5.41) is 9.29. The van der Waals surface area contributed by atoms with E-state index in [2.05, 4.69) is 133 Å². The van der Waals surface area contributed by atoms with Gasteiger partial charge in [-0.1, -0.05) is 146 Å². The minimum Gasteiger partial charge on any atom is -0.456 e. The molecule has 0 saturated carbocycles. The van der Waals surface area contributed by atoms with Crippen molar-refractivity contribution in [3.05, 3.63) is 188 Å². The fourth-order valence-corrected chi connectivity index (χ4v) is 8.54. The minimum absolute atomic E-state index is 0.583. The molecule has 0 unspecified atom stereocenters. The van der Waals surface area contributed by atoms with Gasteiger partial charge in [-0.15, -0.1) is 0 Å². The van der Waals surface area contributed by atoms with Gasteiger partial charge in [-0.05, 0) is 86.3 Å². The molecule has 0 amide bonds. The van der Waals surface area contributed by atoms with Crippen LogP contribution in [-0.4, -0.2) is 15.0 Å². The van der Waals surface area contributed by atoms with Crippen molar-refractivity contribution in [1.82, 2.24) is 15.0 Å². The summed E-state index contributed by atoms with van der Waals surface area (Å²) in [7, 11) is 0. The Hall–Kier alpha value is -7.89. The highest BCUT2D eigenvalue weighted by molar-refractivity contribution is 6.17. The molecule has 12 rings (SSSR count). The smallest absolute Gasteiger partial charge is 0.164 e. The standard InChI is InChI=1S/C53H31N3O2/c1-2-11-33(12-3-1)51-54-52(56-53(55-51)37-25-27-43-42-17-8-9-19-46(42)58-49(43)31-37)34-23-21-32(22-24-34)39-18-10-20-48-50(39)45-30-36(26-28-47(45)57-48)44-29-35-13-4-5-14-38(35)40-15-6-7-16-41(40)44/h1-31H. The number of rotatable bonds is 5. The van der Waals surface area contributed by atoms with Gasteiger partial charge in [0.1, 0.15) is 22.3 Å². The fourth-order valence-electron chi connectivity index (χ4n) is 8.54. The molecule has 0 spiro atoms. The molecule has 270 valence electrons. The van der Waals surface area contributed by atoms with Gasteiger partial charge in [0, 0.05) is 38.2 Å². The van der Waals surface area contributed by atoms with E-state index in [-0.39, 0.29) is 0 Å². The van der Waals surface area contributed by atoms with Crippen molar-refractivity contribution in [2.45, 2.75) is 0 Å². The van der Waals surface area contributed by atoms with E-state index >= 15 is 0 Å². The second-order valence-electron chi connectivity index (χ2n) is 14.7. The summed E-state index contributed by atoms with van der Waals surface area (Å²) in [6.07, 6.45) is 0. The number of aromatic nitrogens is 3. The average Bonchev–Trinajstić information content (AvgIpc) is 3.87. The van der Waals surface area contributed by atoms with Crippen LogP contribution < -0.4 is 0 Å². The highest BCUT2D eigenvalue weighted by atomic mass is 16.3. The van der Waals surface area contributed by atoms with Crippen molar-refractivity contribution >= 4 is 65.4 Å². The van der Waals surface area contributed by atoms with Crippen LogP contribution in [0.25, 0.3) is 122 Å². The lowest BCUT2D eigenvalue weighted by molar-refractivity contribution is 0.668. The van der Waals surface area contributed by atoms with Crippen LogP contribution in [0.1, 0.15) is 0 Å². The number of nitrogens with zero attached hydrogens (tertiary/aromatic N) is 3. The van der Waals surface area contributed by atoms with Crippen molar-refractivity contribution in [1.29, 1.82) is 0 Å². The van der Waals surface area contributed by atoms with Crippen LogP contribution in [0.15, 0.2) is 197 Å². The summed E-state index contributed by atoms with van der Waals surface area (Å²) in [6, 6.07) is 65.3. The van der Waals surface area contributed by atoms with E-state index < -0.39 is 0 Å². The predicted octanol–water partition coefficient (Wildman–Crippen LogP) is 14.3. The summed E-state index contributed by atoms with van der Waals surface area (Å²) in [5.74, 6) is 1.79. The number of benzene rings is 9. The van der Waals surface area contributed by atoms with E-state index in [9.17, 15) is 0 Å². The van der Waals surface area contributed by atoms with Crippen LogP contribution in [0, 0.1) is 0 Å². The molecule has 0 fully saturated rings. The largest absolute Gasteiger partial charge is 0.456 e. The van der Waals surface area contributed by atoms with Crippen molar-refractivity contribution in [3.8, 4) is 56.4 Å². The second kappa shape index (κ2) is 12.8. The van der Waals surface area contributed by atoms with Crippen LogP contribution in [-0.2, 0) is 0 Å². The molecule has 12 aromatic rings. The molecule has 0 bridgehead atoms. The molecule has 0 aliphatic carbocycles. The zero-order valence-electron chi connectivity index (χ0n) is 31.1. The van der Waals surface area contributed by atoms with Gasteiger partial charge >= 0.3 is 0 Å². The highest BCUT2D eigenvalue weighted by Crippen LogP contribution is 2.41. The lowest BCUT2D eigenvalue weighted by Crippen LogP contribution is -2.00. The Balaban J connectivity index is 0.967. The zero-order valence-corrected chi connectivity index (χ0v) is 31.1. The maximum Gasteiger partial charge on any atom is 0.164 e. The van der Waals surface area contributed by atoms with Crippen LogP contribution in [0.2, 0.25) is 0 Å². The average molecular weight is 742 g/mol. The normalized spacial score (nSPS) is 11.8. The van der Waals surface area contributed by atoms with Crippen LogP contribution >= 0.6 is 0 Å². The first-order valence-electron chi connectivity index (χ1n) is 19.4. The summed E-state index contributed by atoms with van der Waals surface area (Å²) >= 11 is 0. The molecule has 0 saturated heterocycles. The molecule has 0 aliphatic heterocycles. The van der Waals surface area contributed by atoms with E-state index in [4.69, 9.17) is 23.8 Å². The molecule has 0 atom stereocenters. The molecular weight excluding hydrogens is 711 g/mol. The molecule has 5 heteroatoms. The van der Waals surface area contributed by atoms with Gasteiger partial charge < -0.3 is 8.83 Å².